The topological polar surface area (TPSA) is 83.6 Å². The second kappa shape index (κ2) is 10.1. The largest absolute Gasteiger partial charge is 0.480 e. The lowest BCUT2D eigenvalue weighted by Crippen LogP contribution is -2.46. The molecule has 5 nitrogen and oxygen atoms in total. The number of hydrogen-bond donors (Lipinski definition) is 2. The van der Waals surface area contributed by atoms with Gasteiger partial charge < -0.3 is 10.8 Å². The zero-order valence-electron chi connectivity index (χ0n) is 17.0. The highest BCUT2D eigenvalue weighted by Gasteiger charge is 2.39. The second-order valence-corrected chi connectivity index (χ2v) is 7.62. The van der Waals surface area contributed by atoms with Crippen LogP contribution in [0.3, 0.4) is 0 Å². The van der Waals surface area contributed by atoms with Crippen molar-refractivity contribution in [3.8, 4) is 0 Å². The van der Waals surface area contributed by atoms with Gasteiger partial charge in [0.05, 0.1) is 16.9 Å². The number of carbonyl (C=O) groups excluding carboxylic acids is 1. The van der Waals surface area contributed by atoms with E-state index in [4.69, 9.17) is 18.0 Å². The number of thiocarbonyl (C=S) groups is 1. The molecule has 0 unspecified atom stereocenters. The molecule has 0 saturated heterocycles. The van der Waals surface area contributed by atoms with Gasteiger partial charge in [0.15, 0.2) is 0 Å². The van der Waals surface area contributed by atoms with E-state index in [1.54, 1.807) is 0 Å². The first-order valence-electron chi connectivity index (χ1n) is 9.90. The Hall–Kier alpha value is -3.35. The number of nitrogens with zero attached hydrogens (tertiary/aromatic N) is 1. The predicted molar refractivity (Wildman–Crippen MR) is 125 cm³/mol. The molecule has 0 spiro atoms. The van der Waals surface area contributed by atoms with E-state index in [1.165, 1.54) is 0 Å². The monoisotopic (exact) mass is 432 g/mol. The van der Waals surface area contributed by atoms with E-state index in [9.17, 15) is 14.7 Å². The average molecular weight is 433 g/mol. The molecule has 0 saturated carbocycles. The first-order chi connectivity index (χ1) is 15.0. The zero-order chi connectivity index (χ0) is 22.3. The standard InChI is InChI=1S/C25H24N2O3S/c26-17-22(28)27(18-24(29)30)23(31)16-25(19-10-4-1-5-11-19,20-12-6-2-7-13-20)21-14-8-3-9-15-21/h1-15H,16-18,26H2,(H,29,30). The lowest BCUT2D eigenvalue weighted by Gasteiger charge is -2.38. The minimum atomic E-state index is -1.14. The van der Waals surface area contributed by atoms with Crippen LogP contribution in [0.25, 0.3) is 0 Å². The molecule has 0 bridgehead atoms. The van der Waals surface area contributed by atoms with Crippen LogP contribution in [0.5, 0.6) is 0 Å². The predicted octanol–water partition coefficient (Wildman–Crippen LogP) is 3.61. The van der Waals surface area contributed by atoms with Crippen LogP contribution in [0, 0.1) is 0 Å². The molecule has 1 amide bonds. The number of benzene rings is 3. The van der Waals surface area contributed by atoms with Crippen molar-refractivity contribution in [1.82, 2.24) is 4.90 Å². The van der Waals surface area contributed by atoms with E-state index >= 15 is 0 Å². The summed E-state index contributed by atoms with van der Waals surface area (Å²) in [6, 6.07) is 29.7. The second-order valence-electron chi connectivity index (χ2n) is 7.15. The van der Waals surface area contributed by atoms with Gasteiger partial charge in [0.2, 0.25) is 5.91 Å². The lowest BCUT2D eigenvalue weighted by atomic mass is 9.67. The Labute approximate surface area is 187 Å². The van der Waals surface area contributed by atoms with Gasteiger partial charge >= 0.3 is 5.97 Å². The number of hydrogen-bond acceptors (Lipinski definition) is 4. The number of rotatable bonds is 8. The van der Waals surface area contributed by atoms with E-state index in [1.807, 2.05) is 91.0 Å². The lowest BCUT2D eigenvalue weighted by molar-refractivity contribution is -0.141. The van der Waals surface area contributed by atoms with Gasteiger partial charge in [0, 0.05) is 6.42 Å². The van der Waals surface area contributed by atoms with Crippen LogP contribution in [0.2, 0.25) is 0 Å². The number of carboxylic acids is 1. The minimum Gasteiger partial charge on any atom is -0.480 e. The van der Waals surface area contributed by atoms with E-state index in [0.29, 0.717) is 0 Å². The van der Waals surface area contributed by atoms with Crippen LogP contribution in [0.4, 0.5) is 0 Å². The van der Waals surface area contributed by atoms with E-state index in [0.717, 1.165) is 21.6 Å². The summed E-state index contributed by atoms with van der Waals surface area (Å²) < 4.78 is 0. The Morgan fingerprint density at radius 3 is 1.52 bits per heavy atom. The normalized spacial score (nSPS) is 11.0. The molecule has 158 valence electrons. The highest BCUT2D eigenvalue weighted by Crippen LogP contribution is 2.42. The molecule has 0 aliphatic carbocycles. The maximum atomic E-state index is 12.4. The Bertz CT molecular complexity index is 943. The summed E-state index contributed by atoms with van der Waals surface area (Å²) in [7, 11) is 0. The first-order valence-corrected chi connectivity index (χ1v) is 10.3. The summed E-state index contributed by atoms with van der Waals surface area (Å²) in [5, 5.41) is 9.33. The minimum absolute atomic E-state index is 0.231. The van der Waals surface area contributed by atoms with E-state index < -0.39 is 23.8 Å². The molecule has 0 heterocycles. The third-order valence-electron chi connectivity index (χ3n) is 5.29. The molecule has 3 N–H and O–H groups in total. The van der Waals surface area contributed by atoms with Crippen LogP contribution in [0.1, 0.15) is 23.1 Å². The fraction of sp³-hybridized carbons (Fsp3) is 0.160. The van der Waals surface area contributed by atoms with Crippen molar-refractivity contribution >= 4 is 29.1 Å². The van der Waals surface area contributed by atoms with Gasteiger partial charge in [-0.1, -0.05) is 103 Å². The quantitative estimate of drug-likeness (QED) is 0.420. The molecular formula is C25H24N2O3S. The molecule has 0 aromatic heterocycles. The molecular weight excluding hydrogens is 408 g/mol. The first kappa shape index (κ1) is 22.3. The fourth-order valence-electron chi connectivity index (χ4n) is 3.86. The Kier molecular flexibility index (Phi) is 7.28. The summed E-state index contributed by atoms with van der Waals surface area (Å²) in [4.78, 5) is 25.2. The van der Waals surface area contributed by atoms with Crippen molar-refractivity contribution in [3.63, 3.8) is 0 Å². The van der Waals surface area contributed by atoms with Gasteiger partial charge in [0.25, 0.3) is 0 Å². The van der Waals surface area contributed by atoms with Gasteiger partial charge in [0.1, 0.15) is 6.54 Å². The van der Waals surface area contributed by atoms with Gasteiger partial charge in [-0.05, 0) is 16.7 Å². The van der Waals surface area contributed by atoms with Crippen LogP contribution in [-0.4, -0.2) is 40.0 Å². The summed E-state index contributed by atoms with van der Waals surface area (Å²) >= 11 is 5.67. The highest BCUT2D eigenvalue weighted by atomic mass is 32.1. The molecule has 3 aromatic carbocycles. The summed E-state index contributed by atoms with van der Waals surface area (Å²) in [6.07, 6.45) is 0.236. The highest BCUT2D eigenvalue weighted by molar-refractivity contribution is 7.80. The number of carbonyl (C=O) groups is 2. The number of nitrogens with two attached hydrogens (primary N) is 1. The Balaban J connectivity index is 2.21. The SMILES string of the molecule is NCC(=O)N(CC(=O)O)C(=S)CC(c1ccccc1)(c1ccccc1)c1ccccc1. The average Bonchev–Trinajstić information content (AvgIpc) is 2.82. The van der Waals surface area contributed by atoms with Crippen molar-refractivity contribution in [2.24, 2.45) is 5.73 Å². The molecule has 31 heavy (non-hydrogen) atoms. The van der Waals surface area contributed by atoms with E-state index in [2.05, 4.69) is 0 Å². The van der Waals surface area contributed by atoms with Crippen molar-refractivity contribution in [2.75, 3.05) is 13.1 Å². The van der Waals surface area contributed by atoms with Crippen molar-refractivity contribution in [1.29, 1.82) is 0 Å². The molecule has 3 rings (SSSR count). The summed E-state index contributed by atoms with van der Waals surface area (Å²) in [5.74, 6) is -1.66. The van der Waals surface area contributed by atoms with Gasteiger partial charge in [-0.3, -0.25) is 14.5 Å². The van der Waals surface area contributed by atoms with Crippen molar-refractivity contribution in [2.45, 2.75) is 11.8 Å². The maximum absolute atomic E-state index is 12.4. The van der Waals surface area contributed by atoms with E-state index in [-0.39, 0.29) is 18.0 Å². The van der Waals surface area contributed by atoms with Crippen molar-refractivity contribution < 1.29 is 14.7 Å². The fourth-order valence-corrected chi connectivity index (χ4v) is 4.24. The molecule has 0 fully saturated rings. The smallest absolute Gasteiger partial charge is 0.323 e. The zero-order valence-corrected chi connectivity index (χ0v) is 17.8. The maximum Gasteiger partial charge on any atom is 0.323 e. The van der Waals surface area contributed by atoms with Crippen LogP contribution in [0.15, 0.2) is 91.0 Å². The molecule has 0 aliphatic rings. The molecule has 6 heteroatoms. The number of carboxylic acid groups (broad SMARTS) is 1. The third kappa shape index (κ3) is 4.87. The molecule has 0 atom stereocenters. The Morgan fingerprint density at radius 2 is 1.19 bits per heavy atom. The van der Waals surface area contributed by atoms with Crippen LogP contribution < -0.4 is 5.73 Å². The molecule has 0 aliphatic heterocycles. The van der Waals surface area contributed by atoms with Crippen LogP contribution >= 0.6 is 12.2 Å². The number of aliphatic carboxylic acids is 1. The van der Waals surface area contributed by atoms with Crippen molar-refractivity contribution in [3.05, 3.63) is 108 Å². The molecule has 3 aromatic rings. The van der Waals surface area contributed by atoms with Gasteiger partial charge in [-0.2, -0.15) is 0 Å². The molecule has 0 radical (unpaired) electrons. The van der Waals surface area contributed by atoms with Crippen LogP contribution in [-0.2, 0) is 15.0 Å². The number of amides is 1. The Morgan fingerprint density at radius 1 is 0.806 bits per heavy atom. The third-order valence-corrected chi connectivity index (χ3v) is 5.65. The summed E-state index contributed by atoms with van der Waals surface area (Å²) in [6.45, 7) is -0.842. The summed E-state index contributed by atoms with van der Waals surface area (Å²) in [5.41, 5.74) is 7.80. The van der Waals surface area contributed by atoms with Gasteiger partial charge in [-0.25, -0.2) is 0 Å². The van der Waals surface area contributed by atoms with Gasteiger partial charge in [-0.15, -0.1) is 0 Å².